The molecule has 0 aliphatic heterocycles. The van der Waals surface area contributed by atoms with Gasteiger partial charge in [0.25, 0.3) is 16.6 Å². The first-order valence-corrected chi connectivity index (χ1v) is 27.9. The Bertz CT molecular complexity index is 2430. The average molecular weight is 939 g/mol. The number of ether oxygens (including phenoxy) is 2. The molecular formula is C61H70O5Si2. The average Bonchev–Trinajstić information content (AvgIpc) is 3.33. The summed E-state index contributed by atoms with van der Waals surface area (Å²) in [6.07, 6.45) is -0.892. The highest BCUT2D eigenvalue weighted by Crippen LogP contribution is 2.44. The van der Waals surface area contributed by atoms with Gasteiger partial charge in [0.05, 0.1) is 25.2 Å². The number of hydrogen-bond donors (Lipinski definition) is 0. The van der Waals surface area contributed by atoms with Gasteiger partial charge in [0.15, 0.2) is 0 Å². The van der Waals surface area contributed by atoms with Crippen LogP contribution in [-0.4, -0.2) is 47.0 Å². The molecule has 0 spiro atoms. The van der Waals surface area contributed by atoms with Crippen LogP contribution in [0.25, 0.3) is 0 Å². The smallest absolute Gasteiger partial charge is 0.308 e. The Morgan fingerprint density at radius 3 is 0.971 bits per heavy atom. The fraction of sp³-hybridized carbons (Fsp3) is 0.295. The molecule has 2 atom stereocenters. The first-order valence-electron chi connectivity index (χ1n) is 24.1. The second-order valence-corrected chi connectivity index (χ2v) is 29.4. The Morgan fingerprint density at radius 1 is 0.412 bits per heavy atom. The highest BCUT2D eigenvalue weighted by atomic mass is 28.4. The van der Waals surface area contributed by atoms with Crippen molar-refractivity contribution in [2.24, 2.45) is 0 Å². The molecule has 0 radical (unpaired) electrons. The normalized spacial score (nSPS) is 13.7. The van der Waals surface area contributed by atoms with Gasteiger partial charge in [0.2, 0.25) is 0 Å². The van der Waals surface area contributed by atoms with E-state index in [-0.39, 0.29) is 29.1 Å². The second kappa shape index (κ2) is 21.3. The number of carbonyl (C=O) groups excluding carboxylic acids is 1. The van der Waals surface area contributed by atoms with Crippen molar-refractivity contribution < 1.29 is 23.1 Å². The minimum absolute atomic E-state index is 0.0174. The minimum Gasteiger partial charge on any atom is -0.460 e. The summed E-state index contributed by atoms with van der Waals surface area (Å²) < 4.78 is 30.2. The molecule has 0 fully saturated rings. The molecule has 0 saturated carbocycles. The number of benzene rings is 7. The quantitative estimate of drug-likeness (QED) is 0.0487. The van der Waals surface area contributed by atoms with E-state index in [9.17, 15) is 4.79 Å². The van der Waals surface area contributed by atoms with E-state index in [1.165, 1.54) is 0 Å². The maximum Gasteiger partial charge on any atom is 0.308 e. The van der Waals surface area contributed by atoms with Crippen LogP contribution in [0.4, 0.5) is 0 Å². The van der Waals surface area contributed by atoms with Gasteiger partial charge in [-0.25, -0.2) is 0 Å². The molecule has 68 heavy (non-hydrogen) atoms. The van der Waals surface area contributed by atoms with Gasteiger partial charge in [-0.05, 0) is 68.3 Å². The van der Waals surface area contributed by atoms with Gasteiger partial charge in [-0.15, -0.1) is 0 Å². The Kier molecular flexibility index (Phi) is 15.7. The van der Waals surface area contributed by atoms with E-state index in [1.54, 1.807) is 0 Å². The predicted octanol–water partition coefficient (Wildman–Crippen LogP) is 12.0. The zero-order valence-electron chi connectivity index (χ0n) is 41.5. The van der Waals surface area contributed by atoms with Crippen LogP contribution in [0.15, 0.2) is 212 Å². The lowest BCUT2D eigenvalue weighted by Gasteiger charge is -2.48. The molecule has 0 amide bonds. The standard InChI is InChI=1S/C61H70O5Si2/c1-58(2,3)64-57(62)46-51(65-67(59(4,5)6,53-37-23-13-24-38-53)54-39-25-14-26-40-54)45-52(66-68(60(7,8)9,55-41-27-15-28-42-55)56-43-29-16-30-44-56)47-63-61(48-31-17-10-18-32-48,49-33-19-11-20-34-49)50-35-21-12-22-36-50/h10-44,51-52H,45-47H2,1-9H3/t51-,52+/m1/s1. The van der Waals surface area contributed by atoms with Crippen LogP contribution in [0, 0.1) is 0 Å². The van der Waals surface area contributed by atoms with Crippen molar-refractivity contribution in [2.75, 3.05) is 6.61 Å². The second-order valence-electron chi connectivity index (χ2n) is 20.9. The zero-order valence-corrected chi connectivity index (χ0v) is 43.5. The van der Waals surface area contributed by atoms with Crippen molar-refractivity contribution in [3.63, 3.8) is 0 Å². The van der Waals surface area contributed by atoms with Gasteiger partial charge >= 0.3 is 5.97 Å². The third-order valence-corrected chi connectivity index (χ3v) is 23.1. The monoisotopic (exact) mass is 938 g/mol. The first-order chi connectivity index (χ1) is 32.5. The molecule has 0 N–H and O–H groups in total. The third-order valence-electron chi connectivity index (χ3n) is 12.9. The summed E-state index contributed by atoms with van der Waals surface area (Å²) in [6.45, 7) is 19.7. The van der Waals surface area contributed by atoms with Crippen LogP contribution in [-0.2, 0) is 28.7 Å². The fourth-order valence-electron chi connectivity index (χ4n) is 10.1. The molecule has 5 nitrogen and oxygen atoms in total. The fourth-order valence-corrected chi connectivity index (χ4v) is 19.4. The largest absolute Gasteiger partial charge is 0.460 e. The Balaban J connectivity index is 1.47. The van der Waals surface area contributed by atoms with E-state index in [2.05, 4.69) is 236 Å². The summed E-state index contributed by atoms with van der Waals surface area (Å²) in [4.78, 5) is 14.5. The Labute approximate surface area is 408 Å². The lowest BCUT2D eigenvalue weighted by molar-refractivity contribution is -0.157. The van der Waals surface area contributed by atoms with Crippen molar-refractivity contribution in [2.45, 2.75) is 109 Å². The lowest BCUT2D eigenvalue weighted by atomic mass is 9.80. The van der Waals surface area contributed by atoms with Gasteiger partial charge in [0, 0.05) is 6.42 Å². The molecule has 7 rings (SSSR count). The van der Waals surface area contributed by atoms with Crippen LogP contribution in [0.1, 0.15) is 91.8 Å². The van der Waals surface area contributed by atoms with Crippen molar-refractivity contribution >= 4 is 43.4 Å². The van der Waals surface area contributed by atoms with Crippen molar-refractivity contribution in [1.29, 1.82) is 0 Å². The van der Waals surface area contributed by atoms with E-state index in [4.69, 9.17) is 18.3 Å². The van der Waals surface area contributed by atoms with Crippen LogP contribution in [0.3, 0.4) is 0 Å². The van der Waals surface area contributed by atoms with E-state index < -0.39 is 40.0 Å². The molecule has 0 unspecified atom stereocenters. The molecule has 7 aromatic carbocycles. The van der Waals surface area contributed by atoms with E-state index in [1.807, 2.05) is 39.0 Å². The summed E-state index contributed by atoms with van der Waals surface area (Å²) in [5.41, 5.74) is 1.26. The molecular weight excluding hydrogens is 869 g/mol. The van der Waals surface area contributed by atoms with Crippen LogP contribution in [0.2, 0.25) is 10.1 Å². The summed E-state index contributed by atoms with van der Waals surface area (Å²) in [5.74, 6) is -0.322. The lowest BCUT2D eigenvalue weighted by Crippen LogP contribution is -2.69. The molecule has 352 valence electrons. The number of carbonyl (C=O) groups is 1. The molecule has 0 saturated heterocycles. The van der Waals surface area contributed by atoms with E-state index >= 15 is 0 Å². The van der Waals surface area contributed by atoms with E-state index in [0.717, 1.165) is 37.4 Å². The SMILES string of the molecule is CC(C)(C)OC(=O)C[C@@H](C[C@@H](COC(c1ccccc1)(c1ccccc1)c1ccccc1)O[Si](c1ccccc1)(c1ccccc1)C(C)(C)C)O[Si](c1ccccc1)(c1ccccc1)C(C)(C)C. The minimum atomic E-state index is -3.26. The topological polar surface area (TPSA) is 54.0 Å². The molecule has 0 aliphatic rings. The maximum absolute atomic E-state index is 14.5. The number of hydrogen-bond acceptors (Lipinski definition) is 5. The van der Waals surface area contributed by atoms with Gasteiger partial charge in [-0.3, -0.25) is 4.79 Å². The van der Waals surface area contributed by atoms with Crippen molar-refractivity contribution in [1.82, 2.24) is 0 Å². The maximum atomic E-state index is 14.5. The molecule has 0 aromatic heterocycles. The van der Waals surface area contributed by atoms with Crippen LogP contribution >= 0.6 is 0 Å². The summed E-state index contributed by atoms with van der Waals surface area (Å²) in [7, 11) is -6.49. The van der Waals surface area contributed by atoms with Gasteiger partial charge in [0.1, 0.15) is 11.2 Å². The molecule has 0 aliphatic carbocycles. The summed E-state index contributed by atoms with van der Waals surface area (Å²) in [5, 5.41) is 3.84. The van der Waals surface area contributed by atoms with Crippen molar-refractivity contribution in [3.05, 3.63) is 229 Å². The van der Waals surface area contributed by atoms with Gasteiger partial charge < -0.3 is 18.3 Å². The Hall–Kier alpha value is -5.68. The predicted molar refractivity (Wildman–Crippen MR) is 285 cm³/mol. The molecule has 7 heteroatoms. The van der Waals surface area contributed by atoms with Crippen LogP contribution in [0.5, 0.6) is 0 Å². The molecule has 0 bridgehead atoms. The van der Waals surface area contributed by atoms with Crippen LogP contribution < -0.4 is 20.7 Å². The number of rotatable bonds is 18. The van der Waals surface area contributed by atoms with E-state index in [0.29, 0.717) is 6.42 Å². The summed E-state index contributed by atoms with van der Waals surface area (Å²) >= 11 is 0. The van der Waals surface area contributed by atoms with Gasteiger partial charge in [-0.1, -0.05) is 254 Å². The first kappa shape index (κ1) is 50.2. The van der Waals surface area contributed by atoms with Gasteiger partial charge in [-0.2, -0.15) is 0 Å². The highest BCUT2D eigenvalue weighted by Gasteiger charge is 2.54. The Morgan fingerprint density at radius 2 is 0.691 bits per heavy atom. The zero-order chi connectivity index (χ0) is 48.5. The third kappa shape index (κ3) is 10.9. The van der Waals surface area contributed by atoms with Crippen molar-refractivity contribution in [3.8, 4) is 0 Å². The summed E-state index contributed by atoms with van der Waals surface area (Å²) in [6, 6.07) is 74.2. The molecule has 7 aromatic rings. The highest BCUT2D eigenvalue weighted by molar-refractivity contribution is 7.00. The molecule has 0 heterocycles. The number of esters is 1.